The van der Waals surface area contributed by atoms with E-state index in [-0.39, 0.29) is 11.0 Å². The summed E-state index contributed by atoms with van der Waals surface area (Å²) in [4.78, 5) is 9.07. The minimum absolute atomic E-state index is 0.0833. The Hall–Kier alpha value is -1.36. The Labute approximate surface area is 116 Å². The zero-order valence-electron chi connectivity index (χ0n) is 13.1. The first-order valence-electron chi connectivity index (χ1n) is 6.54. The van der Waals surface area contributed by atoms with Crippen LogP contribution in [0.1, 0.15) is 40.4 Å². The third-order valence-electron chi connectivity index (χ3n) is 2.90. The number of aromatic nitrogens is 2. The van der Waals surface area contributed by atoms with Crippen LogP contribution in [0.3, 0.4) is 0 Å². The van der Waals surface area contributed by atoms with Crippen LogP contribution < -0.4 is 10.6 Å². The molecule has 19 heavy (non-hydrogen) atoms. The lowest BCUT2D eigenvalue weighted by atomic mass is 9.96. The molecule has 1 rings (SSSR count). The number of methoxy groups -OCH3 is 1. The Morgan fingerprint density at radius 2 is 1.68 bits per heavy atom. The minimum atomic E-state index is -0.230. The summed E-state index contributed by atoms with van der Waals surface area (Å²) >= 11 is 0. The number of rotatable bonds is 5. The molecule has 1 heterocycles. The summed E-state index contributed by atoms with van der Waals surface area (Å²) in [7, 11) is 3.57. The van der Waals surface area contributed by atoms with Crippen molar-refractivity contribution >= 4 is 11.6 Å². The summed E-state index contributed by atoms with van der Waals surface area (Å²) < 4.78 is 5.39. The topological polar surface area (TPSA) is 59.1 Å². The minimum Gasteiger partial charge on any atom is -0.377 e. The van der Waals surface area contributed by atoms with Crippen LogP contribution in [-0.2, 0) is 10.2 Å². The van der Waals surface area contributed by atoms with E-state index < -0.39 is 0 Å². The molecular weight excluding hydrogens is 240 g/mol. The molecule has 0 aliphatic carbocycles. The molecule has 5 heteroatoms. The van der Waals surface area contributed by atoms with Crippen LogP contribution in [0.25, 0.3) is 0 Å². The number of hydrogen-bond acceptors (Lipinski definition) is 5. The molecular formula is C14H26N4O. The number of nitrogens with zero attached hydrogens (tertiary/aromatic N) is 2. The maximum absolute atomic E-state index is 5.39. The van der Waals surface area contributed by atoms with Crippen LogP contribution in [0.5, 0.6) is 0 Å². The van der Waals surface area contributed by atoms with Crippen molar-refractivity contribution in [2.24, 2.45) is 0 Å². The van der Waals surface area contributed by atoms with Gasteiger partial charge in [0.1, 0.15) is 17.5 Å². The van der Waals surface area contributed by atoms with Gasteiger partial charge in [0, 0.05) is 32.2 Å². The second-order valence-electron chi connectivity index (χ2n) is 6.28. The van der Waals surface area contributed by atoms with E-state index in [0.29, 0.717) is 6.54 Å². The normalized spacial score (nSPS) is 12.4. The standard InChI is InChI=1S/C14H26N4O/c1-13(2,3)12-17-10(15-6)8-11(18-12)16-9-14(4,5)19-7/h8H,9H2,1-7H3,(H2,15,16,17,18). The van der Waals surface area contributed by atoms with Crippen molar-refractivity contribution in [3.8, 4) is 0 Å². The van der Waals surface area contributed by atoms with E-state index in [1.807, 2.05) is 27.0 Å². The fraction of sp³-hybridized carbons (Fsp3) is 0.714. The molecule has 0 saturated heterocycles. The second kappa shape index (κ2) is 5.74. The van der Waals surface area contributed by atoms with E-state index in [1.165, 1.54) is 0 Å². The molecule has 0 fully saturated rings. The highest BCUT2D eigenvalue weighted by Gasteiger charge is 2.20. The largest absolute Gasteiger partial charge is 0.377 e. The van der Waals surface area contributed by atoms with Gasteiger partial charge in [-0.3, -0.25) is 0 Å². The Kier molecular flexibility index (Phi) is 4.74. The Balaban J connectivity index is 2.95. The van der Waals surface area contributed by atoms with Crippen LogP contribution in [0.15, 0.2) is 6.07 Å². The molecule has 2 N–H and O–H groups in total. The average Bonchev–Trinajstić information content (AvgIpc) is 2.35. The third-order valence-corrected chi connectivity index (χ3v) is 2.90. The van der Waals surface area contributed by atoms with Crippen molar-refractivity contribution in [2.45, 2.75) is 45.6 Å². The Bertz CT molecular complexity index is 424. The highest BCUT2D eigenvalue weighted by molar-refractivity contribution is 5.48. The molecule has 0 amide bonds. The molecule has 0 aliphatic heterocycles. The molecule has 0 unspecified atom stereocenters. The first-order chi connectivity index (χ1) is 8.68. The van der Waals surface area contributed by atoms with Gasteiger partial charge in [-0.15, -0.1) is 0 Å². The van der Waals surface area contributed by atoms with E-state index in [9.17, 15) is 0 Å². The molecule has 0 aromatic carbocycles. The smallest absolute Gasteiger partial charge is 0.138 e. The molecule has 0 saturated carbocycles. The lowest BCUT2D eigenvalue weighted by Crippen LogP contribution is -2.32. The monoisotopic (exact) mass is 266 g/mol. The Morgan fingerprint density at radius 1 is 1.11 bits per heavy atom. The van der Waals surface area contributed by atoms with Crippen molar-refractivity contribution in [3.05, 3.63) is 11.9 Å². The summed E-state index contributed by atoms with van der Waals surface area (Å²) in [5, 5.41) is 6.38. The number of hydrogen-bond donors (Lipinski definition) is 2. The van der Waals surface area contributed by atoms with E-state index in [0.717, 1.165) is 17.5 Å². The summed E-state index contributed by atoms with van der Waals surface area (Å²) in [6.45, 7) is 11.1. The van der Waals surface area contributed by atoms with Crippen molar-refractivity contribution in [3.63, 3.8) is 0 Å². The lowest BCUT2D eigenvalue weighted by Gasteiger charge is -2.24. The van der Waals surface area contributed by atoms with E-state index in [1.54, 1.807) is 7.11 Å². The first-order valence-corrected chi connectivity index (χ1v) is 6.54. The molecule has 0 atom stereocenters. The van der Waals surface area contributed by atoms with Gasteiger partial charge in [-0.1, -0.05) is 20.8 Å². The van der Waals surface area contributed by atoms with Crippen molar-refractivity contribution in [1.82, 2.24) is 9.97 Å². The predicted molar refractivity (Wildman–Crippen MR) is 79.9 cm³/mol. The van der Waals surface area contributed by atoms with Gasteiger partial charge in [-0.25, -0.2) is 9.97 Å². The third kappa shape index (κ3) is 4.67. The maximum atomic E-state index is 5.39. The molecule has 1 aromatic heterocycles. The fourth-order valence-electron chi connectivity index (χ4n) is 1.38. The highest BCUT2D eigenvalue weighted by atomic mass is 16.5. The van der Waals surface area contributed by atoms with Crippen LogP contribution >= 0.6 is 0 Å². The fourth-order valence-corrected chi connectivity index (χ4v) is 1.38. The zero-order valence-corrected chi connectivity index (χ0v) is 13.1. The van der Waals surface area contributed by atoms with Crippen LogP contribution in [0.4, 0.5) is 11.6 Å². The van der Waals surface area contributed by atoms with Gasteiger partial charge in [-0.2, -0.15) is 0 Å². The molecule has 0 bridgehead atoms. The maximum Gasteiger partial charge on any atom is 0.138 e. The van der Waals surface area contributed by atoms with Crippen LogP contribution in [-0.4, -0.2) is 36.3 Å². The van der Waals surface area contributed by atoms with Crippen molar-refractivity contribution in [2.75, 3.05) is 31.3 Å². The summed E-state index contributed by atoms with van der Waals surface area (Å²) in [6, 6.07) is 1.90. The molecule has 0 spiro atoms. The summed E-state index contributed by atoms with van der Waals surface area (Å²) in [6.07, 6.45) is 0. The molecule has 0 aliphatic rings. The molecule has 1 aromatic rings. The molecule has 0 radical (unpaired) electrons. The van der Waals surface area contributed by atoms with Gasteiger partial charge in [0.25, 0.3) is 0 Å². The molecule has 108 valence electrons. The van der Waals surface area contributed by atoms with Gasteiger partial charge in [0.2, 0.25) is 0 Å². The summed E-state index contributed by atoms with van der Waals surface area (Å²) in [5.41, 5.74) is -0.313. The average molecular weight is 266 g/mol. The second-order valence-corrected chi connectivity index (χ2v) is 6.28. The van der Waals surface area contributed by atoms with Crippen molar-refractivity contribution < 1.29 is 4.74 Å². The predicted octanol–water partition coefficient (Wildman–Crippen LogP) is 2.65. The van der Waals surface area contributed by atoms with Gasteiger partial charge in [0.15, 0.2) is 0 Å². The van der Waals surface area contributed by atoms with Gasteiger partial charge < -0.3 is 15.4 Å². The van der Waals surface area contributed by atoms with Gasteiger partial charge >= 0.3 is 0 Å². The number of ether oxygens (including phenoxy) is 1. The quantitative estimate of drug-likeness (QED) is 0.858. The van der Waals surface area contributed by atoms with Gasteiger partial charge in [0.05, 0.1) is 5.60 Å². The lowest BCUT2D eigenvalue weighted by molar-refractivity contribution is 0.0343. The number of anilines is 2. The first kappa shape index (κ1) is 15.7. The number of nitrogens with one attached hydrogen (secondary N) is 2. The van der Waals surface area contributed by atoms with Gasteiger partial charge in [-0.05, 0) is 13.8 Å². The zero-order chi connectivity index (χ0) is 14.7. The van der Waals surface area contributed by atoms with Crippen LogP contribution in [0.2, 0.25) is 0 Å². The van der Waals surface area contributed by atoms with Crippen molar-refractivity contribution in [1.29, 1.82) is 0 Å². The van der Waals surface area contributed by atoms with E-state index in [4.69, 9.17) is 4.74 Å². The van der Waals surface area contributed by atoms with Crippen LogP contribution in [0, 0.1) is 0 Å². The highest BCUT2D eigenvalue weighted by Crippen LogP contribution is 2.22. The molecule has 5 nitrogen and oxygen atoms in total. The van der Waals surface area contributed by atoms with E-state index in [2.05, 4.69) is 41.4 Å². The Morgan fingerprint density at radius 3 is 2.16 bits per heavy atom. The summed E-state index contributed by atoms with van der Waals surface area (Å²) in [5.74, 6) is 2.45. The van der Waals surface area contributed by atoms with E-state index >= 15 is 0 Å². The SMILES string of the molecule is CNc1cc(NCC(C)(C)OC)nc(C(C)(C)C)n1.